The first-order valence-electron chi connectivity index (χ1n) is 5.69. The average Bonchev–Trinajstić information content (AvgIpc) is 2.25. The fraction of sp³-hybridized carbons (Fsp3) is 0.538. The van der Waals surface area contributed by atoms with Gasteiger partial charge in [-0.25, -0.2) is 0 Å². The van der Waals surface area contributed by atoms with Gasteiger partial charge in [-0.2, -0.15) is 0 Å². The second-order valence-electron chi connectivity index (χ2n) is 4.03. The Bertz CT molecular complexity index is 316. The molecule has 0 unspecified atom stereocenters. The van der Waals surface area contributed by atoms with Crippen molar-refractivity contribution in [2.45, 2.75) is 26.7 Å². The van der Waals surface area contributed by atoms with E-state index in [9.17, 15) is 0 Å². The van der Waals surface area contributed by atoms with Crippen molar-refractivity contribution >= 4 is 15.9 Å². The van der Waals surface area contributed by atoms with Gasteiger partial charge in [0.2, 0.25) is 0 Å². The number of halogens is 1. The van der Waals surface area contributed by atoms with E-state index in [4.69, 9.17) is 4.74 Å². The van der Waals surface area contributed by atoms with Gasteiger partial charge >= 0.3 is 0 Å². The van der Waals surface area contributed by atoms with E-state index in [0.717, 1.165) is 31.7 Å². The van der Waals surface area contributed by atoms with Gasteiger partial charge in [-0.1, -0.05) is 15.9 Å². The second-order valence-corrected chi connectivity index (χ2v) is 4.82. The van der Waals surface area contributed by atoms with Gasteiger partial charge < -0.3 is 10.1 Å². The SMILES string of the molecule is CNCCCCOc1cc(C)c(Br)c(C)c1. The molecule has 16 heavy (non-hydrogen) atoms. The molecule has 3 heteroatoms. The number of nitrogens with one attached hydrogen (secondary N) is 1. The van der Waals surface area contributed by atoms with Gasteiger partial charge in [0.05, 0.1) is 6.61 Å². The summed E-state index contributed by atoms with van der Waals surface area (Å²) in [6.45, 7) is 6.03. The Balaban J connectivity index is 2.43. The zero-order valence-electron chi connectivity index (χ0n) is 10.3. The molecule has 0 aliphatic carbocycles. The molecule has 0 heterocycles. The molecule has 2 nitrogen and oxygen atoms in total. The molecule has 0 saturated carbocycles. The molecule has 0 aromatic heterocycles. The zero-order chi connectivity index (χ0) is 12.0. The first-order valence-corrected chi connectivity index (χ1v) is 6.48. The van der Waals surface area contributed by atoms with E-state index >= 15 is 0 Å². The van der Waals surface area contributed by atoms with Gasteiger partial charge in [0.15, 0.2) is 0 Å². The van der Waals surface area contributed by atoms with Crippen LogP contribution in [-0.4, -0.2) is 20.2 Å². The Morgan fingerprint density at radius 1 is 1.19 bits per heavy atom. The van der Waals surface area contributed by atoms with Crippen molar-refractivity contribution in [3.63, 3.8) is 0 Å². The number of rotatable bonds is 6. The number of ether oxygens (including phenoxy) is 1. The Morgan fingerprint density at radius 2 is 1.81 bits per heavy atom. The predicted octanol–water partition coefficient (Wildman–Crippen LogP) is 3.44. The summed E-state index contributed by atoms with van der Waals surface area (Å²) in [5, 5.41) is 3.13. The third-order valence-electron chi connectivity index (χ3n) is 2.50. The van der Waals surface area contributed by atoms with Crippen LogP contribution in [0.25, 0.3) is 0 Å². The van der Waals surface area contributed by atoms with Crippen LogP contribution in [0.15, 0.2) is 16.6 Å². The fourth-order valence-corrected chi connectivity index (χ4v) is 1.81. The minimum atomic E-state index is 0.794. The van der Waals surface area contributed by atoms with Gasteiger partial charge in [0.1, 0.15) is 5.75 Å². The Hall–Kier alpha value is -0.540. The smallest absolute Gasteiger partial charge is 0.119 e. The van der Waals surface area contributed by atoms with Crippen molar-refractivity contribution in [3.05, 3.63) is 27.7 Å². The van der Waals surface area contributed by atoms with E-state index in [0.29, 0.717) is 0 Å². The molecule has 0 spiro atoms. The van der Waals surface area contributed by atoms with Crippen LogP contribution in [0, 0.1) is 13.8 Å². The number of aryl methyl sites for hydroxylation is 2. The average molecular weight is 286 g/mol. The summed E-state index contributed by atoms with van der Waals surface area (Å²) < 4.78 is 6.90. The maximum atomic E-state index is 5.72. The van der Waals surface area contributed by atoms with Crippen molar-refractivity contribution in [2.75, 3.05) is 20.2 Å². The van der Waals surface area contributed by atoms with Crippen molar-refractivity contribution in [1.29, 1.82) is 0 Å². The topological polar surface area (TPSA) is 21.3 Å². The van der Waals surface area contributed by atoms with Crippen molar-refractivity contribution in [1.82, 2.24) is 5.32 Å². The molecular weight excluding hydrogens is 266 g/mol. The molecule has 0 fully saturated rings. The lowest BCUT2D eigenvalue weighted by Crippen LogP contribution is -2.09. The van der Waals surface area contributed by atoms with E-state index in [-0.39, 0.29) is 0 Å². The molecule has 0 amide bonds. The maximum Gasteiger partial charge on any atom is 0.119 e. The van der Waals surface area contributed by atoms with Crippen molar-refractivity contribution in [3.8, 4) is 5.75 Å². The largest absolute Gasteiger partial charge is 0.494 e. The maximum absolute atomic E-state index is 5.72. The third-order valence-corrected chi connectivity index (χ3v) is 3.75. The van der Waals surface area contributed by atoms with Crippen molar-refractivity contribution < 1.29 is 4.74 Å². The molecule has 1 aromatic carbocycles. The van der Waals surface area contributed by atoms with Crippen LogP contribution in [0.2, 0.25) is 0 Å². The lowest BCUT2D eigenvalue weighted by molar-refractivity contribution is 0.306. The first-order chi connectivity index (χ1) is 7.65. The van der Waals surface area contributed by atoms with Crippen LogP contribution in [0.1, 0.15) is 24.0 Å². The van der Waals surface area contributed by atoms with Gasteiger partial charge in [0.25, 0.3) is 0 Å². The van der Waals surface area contributed by atoms with Crippen molar-refractivity contribution in [2.24, 2.45) is 0 Å². The van der Waals surface area contributed by atoms with E-state index in [1.165, 1.54) is 15.6 Å². The Kier molecular flexibility index (Phi) is 5.85. The molecule has 0 radical (unpaired) electrons. The summed E-state index contributed by atoms with van der Waals surface area (Å²) in [6.07, 6.45) is 2.25. The molecule has 0 bridgehead atoms. The number of hydrogen-bond donors (Lipinski definition) is 1. The molecule has 0 aliphatic heterocycles. The normalized spacial score (nSPS) is 10.5. The first kappa shape index (κ1) is 13.5. The van der Waals surface area contributed by atoms with Gasteiger partial charge in [-0.05, 0) is 63.5 Å². The fourth-order valence-electron chi connectivity index (χ4n) is 1.58. The number of unbranched alkanes of at least 4 members (excludes halogenated alkanes) is 1. The number of hydrogen-bond acceptors (Lipinski definition) is 2. The van der Waals surface area contributed by atoms with Gasteiger partial charge in [-0.3, -0.25) is 0 Å². The van der Waals surface area contributed by atoms with E-state index < -0.39 is 0 Å². The van der Waals surface area contributed by atoms with E-state index in [2.05, 4.69) is 47.2 Å². The van der Waals surface area contributed by atoms with Crippen LogP contribution in [0.3, 0.4) is 0 Å². The zero-order valence-corrected chi connectivity index (χ0v) is 11.9. The minimum Gasteiger partial charge on any atom is -0.494 e. The van der Waals surface area contributed by atoms with Gasteiger partial charge in [0, 0.05) is 4.47 Å². The summed E-state index contributed by atoms with van der Waals surface area (Å²) in [5.41, 5.74) is 2.45. The van der Waals surface area contributed by atoms with Crippen LogP contribution >= 0.6 is 15.9 Å². The highest BCUT2D eigenvalue weighted by atomic mass is 79.9. The monoisotopic (exact) mass is 285 g/mol. The van der Waals surface area contributed by atoms with Gasteiger partial charge in [-0.15, -0.1) is 0 Å². The Morgan fingerprint density at radius 3 is 2.38 bits per heavy atom. The lowest BCUT2D eigenvalue weighted by Gasteiger charge is -2.10. The Labute approximate surface area is 107 Å². The highest BCUT2D eigenvalue weighted by Gasteiger charge is 2.02. The van der Waals surface area contributed by atoms with Crippen LogP contribution in [-0.2, 0) is 0 Å². The van der Waals surface area contributed by atoms with Crippen LogP contribution in [0.5, 0.6) is 5.75 Å². The summed E-state index contributed by atoms with van der Waals surface area (Å²) in [6, 6.07) is 4.16. The summed E-state index contributed by atoms with van der Waals surface area (Å²) in [7, 11) is 1.97. The highest BCUT2D eigenvalue weighted by molar-refractivity contribution is 9.10. The molecule has 0 saturated heterocycles. The molecule has 1 N–H and O–H groups in total. The molecule has 1 aromatic rings. The molecule has 0 atom stereocenters. The van der Waals surface area contributed by atoms with Crippen LogP contribution in [0.4, 0.5) is 0 Å². The van der Waals surface area contributed by atoms with Crippen LogP contribution < -0.4 is 10.1 Å². The van der Waals surface area contributed by atoms with E-state index in [1.807, 2.05) is 7.05 Å². The summed E-state index contributed by atoms with van der Waals surface area (Å²) in [4.78, 5) is 0. The minimum absolute atomic E-state index is 0.794. The lowest BCUT2D eigenvalue weighted by atomic mass is 10.1. The standard InChI is InChI=1S/C13H20BrNO/c1-10-8-12(9-11(2)13(10)14)16-7-5-4-6-15-3/h8-9,15H,4-7H2,1-3H3. The highest BCUT2D eigenvalue weighted by Crippen LogP contribution is 2.26. The van der Waals surface area contributed by atoms with E-state index in [1.54, 1.807) is 0 Å². The molecule has 90 valence electrons. The second kappa shape index (κ2) is 6.92. The molecular formula is C13H20BrNO. The summed E-state index contributed by atoms with van der Waals surface area (Å²) in [5.74, 6) is 0.975. The number of benzene rings is 1. The summed E-state index contributed by atoms with van der Waals surface area (Å²) >= 11 is 3.55. The third kappa shape index (κ3) is 4.14. The molecule has 0 aliphatic rings. The molecule has 1 rings (SSSR count). The predicted molar refractivity (Wildman–Crippen MR) is 72.3 cm³/mol. The quantitative estimate of drug-likeness (QED) is 0.809.